The van der Waals surface area contributed by atoms with Gasteiger partial charge in [-0.1, -0.05) is 29.3 Å². The molecule has 0 aromatic heterocycles. The van der Waals surface area contributed by atoms with E-state index in [0.717, 1.165) is 0 Å². The molecule has 0 heterocycles. The number of esters is 1. The number of hydrogen-bond acceptors (Lipinski definition) is 5. The molecule has 8 heteroatoms. The molecule has 6 nitrogen and oxygen atoms in total. The normalized spacial score (nSPS) is 10.2. The van der Waals surface area contributed by atoms with Crippen molar-refractivity contribution in [1.82, 2.24) is 5.32 Å². The molecule has 1 N–H and O–H groups in total. The molecule has 2 rings (SSSR count). The quantitative estimate of drug-likeness (QED) is 0.667. The molecule has 144 valence electrons. The third kappa shape index (κ3) is 6.05. The number of carbonyl (C=O) groups excluding carboxylic acids is 2. The van der Waals surface area contributed by atoms with E-state index in [9.17, 15) is 9.59 Å². The van der Waals surface area contributed by atoms with Crippen LogP contribution < -0.4 is 14.8 Å². The maximum absolute atomic E-state index is 12.1. The van der Waals surface area contributed by atoms with Crippen molar-refractivity contribution < 1.29 is 23.8 Å². The Labute approximate surface area is 167 Å². The van der Waals surface area contributed by atoms with Crippen molar-refractivity contribution in [2.75, 3.05) is 20.3 Å². The van der Waals surface area contributed by atoms with Crippen LogP contribution in [0, 0.1) is 0 Å². The number of ether oxygens (including phenoxy) is 3. The zero-order valence-corrected chi connectivity index (χ0v) is 16.4. The van der Waals surface area contributed by atoms with E-state index >= 15 is 0 Å². The molecule has 0 saturated heterocycles. The van der Waals surface area contributed by atoms with Crippen molar-refractivity contribution in [1.29, 1.82) is 0 Å². The van der Waals surface area contributed by atoms with E-state index in [4.69, 9.17) is 37.4 Å². The lowest BCUT2D eigenvalue weighted by molar-refractivity contribution is -0.124. The zero-order chi connectivity index (χ0) is 19.8. The van der Waals surface area contributed by atoms with Crippen LogP contribution >= 0.6 is 23.2 Å². The minimum Gasteiger partial charge on any atom is -0.493 e. The maximum atomic E-state index is 12.1. The molecule has 2 aromatic carbocycles. The maximum Gasteiger partial charge on any atom is 0.338 e. The number of benzene rings is 2. The molecular formula is C19H19Cl2NO5. The fourth-order valence-electron chi connectivity index (χ4n) is 2.19. The van der Waals surface area contributed by atoms with Crippen molar-refractivity contribution in [2.24, 2.45) is 0 Å². The highest BCUT2D eigenvalue weighted by atomic mass is 35.5. The van der Waals surface area contributed by atoms with E-state index in [1.54, 1.807) is 30.3 Å². The highest BCUT2D eigenvalue weighted by Gasteiger charge is 2.14. The van der Waals surface area contributed by atoms with Gasteiger partial charge in [-0.15, -0.1) is 0 Å². The molecule has 0 atom stereocenters. The van der Waals surface area contributed by atoms with Gasteiger partial charge in [-0.3, -0.25) is 4.79 Å². The second-order valence-corrected chi connectivity index (χ2v) is 6.23. The molecule has 0 bridgehead atoms. The molecule has 0 aliphatic carbocycles. The summed E-state index contributed by atoms with van der Waals surface area (Å²) in [7, 11) is 1.47. The lowest BCUT2D eigenvalue weighted by Gasteiger charge is -2.11. The Morgan fingerprint density at radius 3 is 2.52 bits per heavy atom. The van der Waals surface area contributed by atoms with E-state index in [2.05, 4.69) is 5.32 Å². The minimum atomic E-state index is -0.643. The van der Waals surface area contributed by atoms with Gasteiger partial charge in [0.15, 0.2) is 18.1 Å². The minimum absolute atomic E-state index is 0.198. The number of rotatable bonds is 8. The number of amides is 1. The van der Waals surface area contributed by atoms with Crippen LogP contribution in [0.25, 0.3) is 0 Å². The first-order chi connectivity index (χ1) is 12.9. The van der Waals surface area contributed by atoms with Crippen molar-refractivity contribution >= 4 is 35.1 Å². The predicted octanol–water partition coefficient (Wildman–Crippen LogP) is 3.87. The van der Waals surface area contributed by atoms with E-state index in [-0.39, 0.29) is 12.1 Å². The predicted molar refractivity (Wildman–Crippen MR) is 103 cm³/mol. The van der Waals surface area contributed by atoms with Crippen LogP contribution in [0.1, 0.15) is 22.8 Å². The van der Waals surface area contributed by atoms with Crippen LogP contribution in [-0.4, -0.2) is 32.2 Å². The smallest absolute Gasteiger partial charge is 0.338 e. The Morgan fingerprint density at radius 2 is 1.85 bits per heavy atom. The van der Waals surface area contributed by atoms with Crippen LogP contribution in [0.4, 0.5) is 0 Å². The van der Waals surface area contributed by atoms with Gasteiger partial charge in [-0.2, -0.15) is 0 Å². The first-order valence-corrected chi connectivity index (χ1v) is 8.88. The summed E-state index contributed by atoms with van der Waals surface area (Å²) in [5, 5.41) is 3.58. The summed E-state index contributed by atoms with van der Waals surface area (Å²) in [5.41, 5.74) is 0.959. The molecule has 0 fully saturated rings. The zero-order valence-electron chi connectivity index (χ0n) is 14.9. The Hall–Kier alpha value is -2.44. The number of nitrogens with one attached hydrogen (secondary N) is 1. The van der Waals surface area contributed by atoms with Gasteiger partial charge < -0.3 is 19.5 Å². The summed E-state index contributed by atoms with van der Waals surface area (Å²) in [5.74, 6) is -0.162. The van der Waals surface area contributed by atoms with Gasteiger partial charge >= 0.3 is 5.97 Å². The summed E-state index contributed by atoms with van der Waals surface area (Å²) in [6, 6.07) is 9.63. The monoisotopic (exact) mass is 411 g/mol. The molecule has 0 spiro atoms. The molecule has 0 saturated carbocycles. The van der Waals surface area contributed by atoms with Crippen LogP contribution in [0.3, 0.4) is 0 Å². The molecular weight excluding hydrogens is 393 g/mol. The Kier molecular flexibility index (Phi) is 7.76. The van der Waals surface area contributed by atoms with Crippen LogP contribution in [0.5, 0.6) is 11.5 Å². The number of carbonyl (C=O) groups is 2. The second kappa shape index (κ2) is 10.0. The van der Waals surface area contributed by atoms with Crippen molar-refractivity contribution in [2.45, 2.75) is 13.5 Å². The van der Waals surface area contributed by atoms with Gasteiger partial charge in [0.2, 0.25) is 0 Å². The lowest BCUT2D eigenvalue weighted by atomic mass is 10.2. The molecule has 0 radical (unpaired) electrons. The fourth-order valence-corrected chi connectivity index (χ4v) is 2.67. The Morgan fingerprint density at radius 1 is 1.07 bits per heavy atom. The molecule has 0 aliphatic rings. The molecule has 1 amide bonds. The van der Waals surface area contributed by atoms with Crippen LogP contribution in [-0.2, 0) is 16.1 Å². The highest BCUT2D eigenvalue weighted by Crippen LogP contribution is 2.28. The van der Waals surface area contributed by atoms with Crippen LogP contribution in [0.2, 0.25) is 10.0 Å². The van der Waals surface area contributed by atoms with E-state index in [1.807, 2.05) is 6.92 Å². The van der Waals surface area contributed by atoms with E-state index < -0.39 is 18.5 Å². The van der Waals surface area contributed by atoms with Gasteiger partial charge in [0.05, 0.1) is 19.3 Å². The second-order valence-electron chi connectivity index (χ2n) is 5.39. The molecule has 27 heavy (non-hydrogen) atoms. The Balaban J connectivity index is 1.88. The molecule has 0 aliphatic heterocycles. The SMILES string of the molecule is CCOc1ccc(C(=O)OCC(=O)NCc2ccc(Cl)cc2Cl)cc1OC. The van der Waals surface area contributed by atoms with Crippen LogP contribution in [0.15, 0.2) is 36.4 Å². The fraction of sp³-hybridized carbons (Fsp3) is 0.263. The summed E-state index contributed by atoms with van der Waals surface area (Å²) in [6.45, 7) is 2.10. The topological polar surface area (TPSA) is 73.9 Å². The van der Waals surface area contributed by atoms with Gasteiger partial charge in [0.1, 0.15) is 0 Å². The third-order valence-electron chi connectivity index (χ3n) is 3.52. The van der Waals surface area contributed by atoms with E-state index in [0.29, 0.717) is 33.7 Å². The largest absolute Gasteiger partial charge is 0.493 e. The van der Waals surface area contributed by atoms with Gasteiger partial charge in [-0.25, -0.2) is 4.79 Å². The first-order valence-electron chi connectivity index (χ1n) is 8.13. The first kappa shape index (κ1) is 20.9. The van der Waals surface area contributed by atoms with Gasteiger partial charge in [0.25, 0.3) is 5.91 Å². The van der Waals surface area contributed by atoms with Crippen molar-refractivity contribution in [3.05, 3.63) is 57.6 Å². The number of halogens is 2. The average molecular weight is 412 g/mol. The van der Waals surface area contributed by atoms with Crippen molar-refractivity contribution in [3.63, 3.8) is 0 Å². The third-order valence-corrected chi connectivity index (χ3v) is 4.11. The summed E-state index contributed by atoms with van der Waals surface area (Å²) < 4.78 is 15.6. The van der Waals surface area contributed by atoms with Crippen molar-refractivity contribution in [3.8, 4) is 11.5 Å². The molecule has 0 unspecified atom stereocenters. The number of methoxy groups -OCH3 is 1. The average Bonchev–Trinajstić information content (AvgIpc) is 2.66. The summed E-state index contributed by atoms with van der Waals surface area (Å²) in [4.78, 5) is 24.0. The van der Waals surface area contributed by atoms with Gasteiger partial charge in [0, 0.05) is 16.6 Å². The summed E-state index contributed by atoms with van der Waals surface area (Å²) in [6.07, 6.45) is 0. The molecule has 2 aromatic rings. The standard InChI is InChI=1S/C19H19Cl2NO5/c1-3-26-16-7-5-12(8-17(16)25-2)19(24)27-11-18(23)22-10-13-4-6-14(20)9-15(13)21/h4-9H,3,10-11H2,1-2H3,(H,22,23). The Bertz CT molecular complexity index is 826. The lowest BCUT2D eigenvalue weighted by Crippen LogP contribution is -2.28. The van der Waals surface area contributed by atoms with E-state index in [1.165, 1.54) is 13.2 Å². The number of hydrogen-bond donors (Lipinski definition) is 1. The van der Waals surface area contributed by atoms with Gasteiger partial charge in [-0.05, 0) is 42.8 Å². The summed E-state index contributed by atoms with van der Waals surface area (Å²) >= 11 is 11.9. The highest BCUT2D eigenvalue weighted by molar-refractivity contribution is 6.35.